The molecule has 0 bridgehead atoms. The lowest BCUT2D eigenvalue weighted by Crippen LogP contribution is -2.35. The van der Waals surface area contributed by atoms with Crippen molar-refractivity contribution in [2.75, 3.05) is 5.32 Å². The molecule has 100 valence electrons. The SMILES string of the molecule is Cc1cc([N+](=O)[O-])ccc1NC(=S)NC(=O)C1CC1. The number of hydrogen-bond donors (Lipinski definition) is 2. The van der Waals surface area contributed by atoms with Gasteiger partial charge >= 0.3 is 0 Å². The van der Waals surface area contributed by atoms with Gasteiger partial charge in [0, 0.05) is 23.7 Å². The molecule has 2 rings (SSSR count). The second-order valence-electron chi connectivity index (χ2n) is 4.47. The number of carbonyl (C=O) groups is 1. The van der Waals surface area contributed by atoms with E-state index in [1.807, 2.05) is 0 Å². The van der Waals surface area contributed by atoms with Crippen molar-refractivity contribution in [1.82, 2.24) is 5.32 Å². The highest BCUT2D eigenvalue weighted by Gasteiger charge is 2.30. The van der Waals surface area contributed by atoms with Crippen LogP contribution in [0.1, 0.15) is 18.4 Å². The third-order valence-electron chi connectivity index (χ3n) is 2.85. The van der Waals surface area contributed by atoms with Crippen LogP contribution in [0.5, 0.6) is 0 Å². The Hall–Kier alpha value is -2.02. The summed E-state index contributed by atoms with van der Waals surface area (Å²) in [5, 5.41) is 16.3. The number of rotatable bonds is 3. The third-order valence-corrected chi connectivity index (χ3v) is 3.06. The number of nitro groups is 1. The fourth-order valence-corrected chi connectivity index (χ4v) is 1.83. The van der Waals surface area contributed by atoms with Crippen LogP contribution in [0.3, 0.4) is 0 Å². The standard InChI is InChI=1S/C12H13N3O3S/c1-7-6-9(15(17)18)4-5-10(7)13-12(19)14-11(16)8-2-3-8/h4-6,8H,2-3H2,1H3,(H2,13,14,16,19). The van der Waals surface area contributed by atoms with E-state index in [2.05, 4.69) is 10.6 Å². The van der Waals surface area contributed by atoms with E-state index in [1.165, 1.54) is 12.1 Å². The molecule has 1 aliphatic rings. The molecule has 0 spiro atoms. The van der Waals surface area contributed by atoms with Gasteiger partial charge in [-0.05, 0) is 43.6 Å². The van der Waals surface area contributed by atoms with Crippen LogP contribution in [0, 0.1) is 23.0 Å². The zero-order valence-electron chi connectivity index (χ0n) is 10.3. The molecular weight excluding hydrogens is 266 g/mol. The molecule has 0 radical (unpaired) electrons. The Kier molecular flexibility index (Phi) is 3.75. The highest BCUT2D eigenvalue weighted by atomic mass is 32.1. The van der Waals surface area contributed by atoms with Crippen LogP contribution < -0.4 is 10.6 Å². The molecule has 1 saturated carbocycles. The van der Waals surface area contributed by atoms with Gasteiger partial charge in [-0.15, -0.1) is 0 Å². The molecule has 6 nitrogen and oxygen atoms in total. The molecule has 7 heteroatoms. The number of non-ortho nitro benzene ring substituents is 1. The first kappa shape index (κ1) is 13.4. The van der Waals surface area contributed by atoms with E-state index in [9.17, 15) is 14.9 Å². The monoisotopic (exact) mass is 279 g/mol. The molecular formula is C12H13N3O3S. The van der Waals surface area contributed by atoms with E-state index < -0.39 is 4.92 Å². The van der Waals surface area contributed by atoms with Crippen LogP contribution >= 0.6 is 12.2 Å². The number of benzene rings is 1. The van der Waals surface area contributed by atoms with E-state index in [-0.39, 0.29) is 22.6 Å². The lowest BCUT2D eigenvalue weighted by Gasteiger charge is -2.11. The minimum atomic E-state index is -0.454. The van der Waals surface area contributed by atoms with Gasteiger partial charge in [0.2, 0.25) is 5.91 Å². The van der Waals surface area contributed by atoms with Gasteiger partial charge in [0.05, 0.1) is 4.92 Å². The van der Waals surface area contributed by atoms with Gasteiger partial charge in [-0.2, -0.15) is 0 Å². The number of hydrogen-bond acceptors (Lipinski definition) is 4. The van der Waals surface area contributed by atoms with Crippen LogP contribution in [-0.4, -0.2) is 15.9 Å². The smallest absolute Gasteiger partial charge is 0.269 e. The molecule has 2 N–H and O–H groups in total. The Bertz CT molecular complexity index is 555. The number of thiocarbonyl (C=S) groups is 1. The van der Waals surface area contributed by atoms with Gasteiger partial charge in [0.1, 0.15) is 0 Å². The highest BCUT2D eigenvalue weighted by Crippen LogP contribution is 2.28. The van der Waals surface area contributed by atoms with E-state index in [1.54, 1.807) is 13.0 Å². The first-order chi connectivity index (χ1) is 8.97. The van der Waals surface area contributed by atoms with Crippen LogP contribution in [0.4, 0.5) is 11.4 Å². The molecule has 0 unspecified atom stereocenters. The Labute approximate surface area is 115 Å². The van der Waals surface area contributed by atoms with Crippen LogP contribution in [0.2, 0.25) is 0 Å². The molecule has 19 heavy (non-hydrogen) atoms. The fourth-order valence-electron chi connectivity index (χ4n) is 1.61. The van der Waals surface area contributed by atoms with Gasteiger partial charge in [0.25, 0.3) is 5.69 Å². The van der Waals surface area contributed by atoms with Crippen molar-refractivity contribution in [3.05, 3.63) is 33.9 Å². The minimum Gasteiger partial charge on any atom is -0.332 e. The van der Waals surface area contributed by atoms with Crippen LogP contribution in [-0.2, 0) is 4.79 Å². The van der Waals surface area contributed by atoms with E-state index in [0.717, 1.165) is 12.8 Å². The summed E-state index contributed by atoms with van der Waals surface area (Å²) >= 11 is 5.03. The molecule has 0 aliphatic heterocycles. The number of nitrogens with one attached hydrogen (secondary N) is 2. The van der Waals surface area contributed by atoms with Crippen molar-refractivity contribution in [2.24, 2.45) is 5.92 Å². The number of anilines is 1. The molecule has 1 fully saturated rings. The third kappa shape index (κ3) is 3.47. The normalized spacial score (nSPS) is 13.7. The maximum atomic E-state index is 11.5. The molecule has 1 amide bonds. The van der Waals surface area contributed by atoms with Crippen molar-refractivity contribution in [1.29, 1.82) is 0 Å². The van der Waals surface area contributed by atoms with E-state index in [4.69, 9.17) is 12.2 Å². The fraction of sp³-hybridized carbons (Fsp3) is 0.333. The maximum absolute atomic E-state index is 11.5. The largest absolute Gasteiger partial charge is 0.332 e. The summed E-state index contributed by atoms with van der Waals surface area (Å²) < 4.78 is 0. The topological polar surface area (TPSA) is 84.3 Å². The van der Waals surface area contributed by atoms with E-state index >= 15 is 0 Å². The van der Waals surface area contributed by atoms with Gasteiger partial charge in [-0.3, -0.25) is 14.9 Å². The number of carbonyl (C=O) groups excluding carboxylic acids is 1. The lowest BCUT2D eigenvalue weighted by atomic mass is 10.2. The van der Waals surface area contributed by atoms with Crippen molar-refractivity contribution in [3.63, 3.8) is 0 Å². The van der Waals surface area contributed by atoms with Crippen molar-refractivity contribution >= 4 is 34.6 Å². The maximum Gasteiger partial charge on any atom is 0.269 e. The van der Waals surface area contributed by atoms with Gasteiger partial charge in [-0.1, -0.05) is 0 Å². The highest BCUT2D eigenvalue weighted by molar-refractivity contribution is 7.80. The van der Waals surface area contributed by atoms with Crippen molar-refractivity contribution in [2.45, 2.75) is 19.8 Å². The number of amides is 1. The molecule has 0 aromatic heterocycles. The number of nitro benzene ring substituents is 1. The Morgan fingerprint density at radius 1 is 1.47 bits per heavy atom. The van der Waals surface area contributed by atoms with Crippen LogP contribution in [0.25, 0.3) is 0 Å². The van der Waals surface area contributed by atoms with Gasteiger partial charge in [-0.25, -0.2) is 0 Å². The molecule has 0 atom stereocenters. The zero-order valence-corrected chi connectivity index (χ0v) is 11.1. The zero-order chi connectivity index (χ0) is 14.0. The number of nitrogens with zero attached hydrogens (tertiary/aromatic N) is 1. The number of aryl methyl sites for hydroxylation is 1. The summed E-state index contributed by atoms with van der Waals surface area (Å²) in [6.07, 6.45) is 1.82. The van der Waals surface area contributed by atoms with E-state index in [0.29, 0.717) is 11.3 Å². The Morgan fingerprint density at radius 2 is 2.16 bits per heavy atom. The first-order valence-corrected chi connectivity index (χ1v) is 6.25. The second kappa shape index (κ2) is 5.31. The van der Waals surface area contributed by atoms with Gasteiger partial charge < -0.3 is 10.6 Å². The molecule has 1 aromatic rings. The first-order valence-electron chi connectivity index (χ1n) is 5.84. The molecule has 0 heterocycles. The average Bonchev–Trinajstić information content (AvgIpc) is 3.15. The van der Waals surface area contributed by atoms with Crippen LogP contribution in [0.15, 0.2) is 18.2 Å². The molecule has 1 aromatic carbocycles. The summed E-state index contributed by atoms with van der Waals surface area (Å²) in [6, 6.07) is 4.41. The Morgan fingerprint density at radius 3 is 2.68 bits per heavy atom. The summed E-state index contributed by atoms with van der Waals surface area (Å²) in [7, 11) is 0. The quantitative estimate of drug-likeness (QED) is 0.503. The summed E-state index contributed by atoms with van der Waals surface area (Å²) in [6.45, 7) is 1.74. The second-order valence-corrected chi connectivity index (χ2v) is 4.88. The average molecular weight is 279 g/mol. The summed E-state index contributed by atoms with van der Waals surface area (Å²) in [5.74, 6) is 0.00905. The molecule has 1 aliphatic carbocycles. The van der Waals surface area contributed by atoms with Crippen molar-refractivity contribution < 1.29 is 9.72 Å². The Balaban J connectivity index is 2.00. The minimum absolute atomic E-state index is 0.0241. The molecule has 0 saturated heterocycles. The predicted molar refractivity (Wildman–Crippen MR) is 74.9 cm³/mol. The van der Waals surface area contributed by atoms with Crippen molar-refractivity contribution in [3.8, 4) is 0 Å². The van der Waals surface area contributed by atoms with Gasteiger partial charge in [0.15, 0.2) is 5.11 Å². The lowest BCUT2D eigenvalue weighted by molar-refractivity contribution is -0.384. The summed E-state index contributed by atoms with van der Waals surface area (Å²) in [5.41, 5.74) is 1.36. The predicted octanol–water partition coefficient (Wildman–Crippen LogP) is 2.13. The summed E-state index contributed by atoms with van der Waals surface area (Å²) in [4.78, 5) is 21.7.